The lowest BCUT2D eigenvalue weighted by Gasteiger charge is -2.29. The van der Waals surface area contributed by atoms with Crippen molar-refractivity contribution >= 4 is 27.8 Å². The monoisotopic (exact) mass is 709 g/mol. The molecule has 270 valence electrons. The predicted molar refractivity (Wildman–Crippen MR) is 222 cm³/mol. The molecule has 0 N–H and O–H groups in total. The summed E-state index contributed by atoms with van der Waals surface area (Å²) in [4.78, 5) is 5.33. The molecule has 2 aliphatic rings. The highest BCUT2D eigenvalue weighted by molar-refractivity contribution is 6.09. The summed E-state index contributed by atoms with van der Waals surface area (Å²) >= 11 is 0. The molecule has 2 aliphatic heterocycles. The molecule has 9 rings (SSSR count). The molecule has 0 spiro atoms. The van der Waals surface area contributed by atoms with Crippen LogP contribution in [0.3, 0.4) is 0 Å². The summed E-state index contributed by atoms with van der Waals surface area (Å²) in [5.74, 6) is 1.38. The molecular formula is C50H51N3O+2. The van der Waals surface area contributed by atoms with Gasteiger partial charge in [0.2, 0.25) is 17.1 Å². The Hall–Kier alpha value is -5.35. The maximum Gasteiger partial charge on any atom is 0.227 e. The van der Waals surface area contributed by atoms with Gasteiger partial charge in [0, 0.05) is 46.5 Å². The number of benzene rings is 3. The summed E-state index contributed by atoms with van der Waals surface area (Å²) in [6.07, 6.45) is 7.55. The number of pyridine rings is 3. The van der Waals surface area contributed by atoms with Crippen LogP contribution >= 0.6 is 0 Å². The van der Waals surface area contributed by atoms with Crippen LogP contribution in [-0.2, 0) is 12.8 Å². The molecule has 4 nitrogen and oxygen atoms in total. The molecular weight excluding hydrogens is 659 g/mol. The Kier molecular flexibility index (Phi) is 8.41. The fourth-order valence-corrected chi connectivity index (χ4v) is 9.52. The van der Waals surface area contributed by atoms with Gasteiger partial charge in [0.1, 0.15) is 5.92 Å². The number of rotatable bonds is 5. The summed E-state index contributed by atoms with van der Waals surface area (Å²) in [7, 11) is 0. The number of nitrogens with zero attached hydrogens (tertiary/aromatic N) is 3. The lowest BCUT2D eigenvalue weighted by Crippen LogP contribution is -2.50. The van der Waals surface area contributed by atoms with Gasteiger partial charge in [0.05, 0.1) is 16.8 Å². The van der Waals surface area contributed by atoms with Gasteiger partial charge in [-0.05, 0) is 96.2 Å². The van der Waals surface area contributed by atoms with Gasteiger partial charge in [0.15, 0.2) is 29.7 Å². The van der Waals surface area contributed by atoms with E-state index in [2.05, 4.69) is 161 Å². The number of hydrogen-bond acceptors (Lipinski definition) is 2. The maximum atomic E-state index is 7.05. The smallest absolute Gasteiger partial charge is 0.227 e. The Morgan fingerprint density at radius 2 is 1.54 bits per heavy atom. The Balaban J connectivity index is 1.31. The number of aryl methyl sites for hydroxylation is 2. The molecule has 0 amide bonds. The number of aromatic nitrogens is 3. The summed E-state index contributed by atoms with van der Waals surface area (Å²) in [5, 5.41) is 2.15. The molecule has 7 aromatic rings. The molecule has 0 saturated heterocycles. The first-order valence-corrected chi connectivity index (χ1v) is 19.9. The standard InChI is InChI=1S/C50H51N3O/c1-29(2)26-35-28-53-33(8)46-39-15-10-9-14-38(39)43-18-11-12-25-52(43)44(46)24-20-34-19-21-40-41-22-23-42(48-36(30(3)4)16-13-17-37(48)31(5)6)51-50(41)54-49(40)47(34)45(53)27-32(35)7/h9-19,21-23,25,27-31,44,46H,8,20,24,26H2,1-7H3/q+2. The van der Waals surface area contributed by atoms with Crippen LogP contribution in [0.25, 0.3) is 61.5 Å². The Bertz CT molecular complexity index is 2600. The summed E-state index contributed by atoms with van der Waals surface area (Å²) in [6.45, 7) is 21.0. The second-order valence-electron chi connectivity index (χ2n) is 16.7. The van der Waals surface area contributed by atoms with Gasteiger partial charge in [-0.15, -0.1) is 0 Å². The molecule has 3 aromatic carbocycles. The van der Waals surface area contributed by atoms with Crippen molar-refractivity contribution in [2.45, 2.75) is 91.5 Å². The molecule has 4 heteroatoms. The third-order valence-corrected chi connectivity index (χ3v) is 12.1. The molecule has 0 radical (unpaired) electrons. The van der Waals surface area contributed by atoms with E-state index in [1.807, 2.05) is 0 Å². The van der Waals surface area contributed by atoms with Crippen molar-refractivity contribution in [3.8, 4) is 33.8 Å². The highest BCUT2D eigenvalue weighted by Crippen LogP contribution is 2.47. The predicted octanol–water partition coefficient (Wildman–Crippen LogP) is 12.1. The summed E-state index contributed by atoms with van der Waals surface area (Å²) in [5.41, 5.74) is 17.7. The van der Waals surface area contributed by atoms with Gasteiger partial charge in [-0.3, -0.25) is 0 Å². The van der Waals surface area contributed by atoms with Crippen molar-refractivity contribution in [1.82, 2.24) is 4.98 Å². The van der Waals surface area contributed by atoms with E-state index in [9.17, 15) is 0 Å². The van der Waals surface area contributed by atoms with Gasteiger partial charge in [0.25, 0.3) is 0 Å². The number of furan rings is 1. The Morgan fingerprint density at radius 3 is 2.30 bits per heavy atom. The molecule has 4 aromatic heterocycles. The van der Waals surface area contributed by atoms with Gasteiger partial charge >= 0.3 is 0 Å². The van der Waals surface area contributed by atoms with Gasteiger partial charge in [-0.2, -0.15) is 9.13 Å². The van der Waals surface area contributed by atoms with E-state index < -0.39 is 0 Å². The van der Waals surface area contributed by atoms with E-state index in [0.29, 0.717) is 23.5 Å². The number of allylic oxidation sites excluding steroid dienone is 1. The highest BCUT2D eigenvalue weighted by atomic mass is 16.3. The molecule has 0 fully saturated rings. The second kappa shape index (κ2) is 13.2. The van der Waals surface area contributed by atoms with Crippen LogP contribution in [0.2, 0.25) is 0 Å². The average Bonchev–Trinajstić information content (AvgIpc) is 3.55. The van der Waals surface area contributed by atoms with Crippen LogP contribution in [0.5, 0.6) is 0 Å². The van der Waals surface area contributed by atoms with Crippen LogP contribution in [-0.4, -0.2) is 4.98 Å². The molecule has 2 atom stereocenters. The van der Waals surface area contributed by atoms with E-state index in [4.69, 9.17) is 16.0 Å². The van der Waals surface area contributed by atoms with E-state index in [1.165, 1.54) is 50.2 Å². The van der Waals surface area contributed by atoms with Crippen molar-refractivity contribution < 1.29 is 13.6 Å². The number of hydrogen-bond donors (Lipinski definition) is 0. The van der Waals surface area contributed by atoms with Gasteiger partial charge < -0.3 is 4.42 Å². The van der Waals surface area contributed by atoms with Gasteiger partial charge in [-0.25, -0.2) is 4.98 Å². The number of fused-ring (bicyclic) bond motifs is 13. The molecule has 54 heavy (non-hydrogen) atoms. The molecule has 0 bridgehead atoms. The van der Waals surface area contributed by atoms with Crippen molar-refractivity contribution in [1.29, 1.82) is 0 Å². The topological polar surface area (TPSA) is 33.8 Å². The zero-order valence-corrected chi connectivity index (χ0v) is 32.8. The highest BCUT2D eigenvalue weighted by Gasteiger charge is 2.46. The van der Waals surface area contributed by atoms with Crippen molar-refractivity contribution in [2.24, 2.45) is 5.92 Å². The van der Waals surface area contributed by atoms with Crippen molar-refractivity contribution in [2.75, 3.05) is 0 Å². The summed E-state index contributed by atoms with van der Waals surface area (Å²) in [6, 6.07) is 33.9. The van der Waals surface area contributed by atoms with E-state index >= 15 is 0 Å². The van der Waals surface area contributed by atoms with Crippen molar-refractivity contribution in [3.63, 3.8) is 0 Å². The van der Waals surface area contributed by atoms with Gasteiger partial charge in [-0.1, -0.05) is 90.1 Å². The maximum absolute atomic E-state index is 7.05. The third-order valence-electron chi connectivity index (χ3n) is 12.1. The fraction of sp³-hybridized carbons (Fsp3) is 0.300. The lowest BCUT2D eigenvalue weighted by atomic mass is 9.79. The largest absolute Gasteiger partial charge is 0.437 e. The third kappa shape index (κ3) is 5.44. The molecule has 0 aliphatic carbocycles. The zero-order chi connectivity index (χ0) is 37.4. The Morgan fingerprint density at radius 1 is 0.796 bits per heavy atom. The first-order valence-electron chi connectivity index (χ1n) is 19.9. The molecule has 0 saturated carbocycles. The normalized spacial score (nSPS) is 16.5. The molecule has 6 heterocycles. The first kappa shape index (κ1) is 34.4. The van der Waals surface area contributed by atoms with E-state index in [1.54, 1.807) is 0 Å². The average molecular weight is 710 g/mol. The van der Waals surface area contributed by atoms with Crippen LogP contribution < -0.4 is 9.13 Å². The van der Waals surface area contributed by atoms with Crippen LogP contribution in [0.1, 0.15) is 105 Å². The first-order chi connectivity index (χ1) is 26.1. The minimum Gasteiger partial charge on any atom is -0.437 e. The van der Waals surface area contributed by atoms with Crippen LogP contribution in [0, 0.1) is 12.8 Å². The Labute approximate surface area is 319 Å². The van der Waals surface area contributed by atoms with Crippen LogP contribution in [0.15, 0.2) is 114 Å². The van der Waals surface area contributed by atoms with E-state index in [-0.39, 0.29) is 12.0 Å². The fourth-order valence-electron chi connectivity index (χ4n) is 9.52. The van der Waals surface area contributed by atoms with Crippen LogP contribution in [0.4, 0.5) is 0 Å². The lowest BCUT2D eigenvalue weighted by molar-refractivity contribution is -0.720. The molecule has 2 unspecified atom stereocenters. The minimum atomic E-state index is 0.0975. The quantitative estimate of drug-likeness (QED) is 0.167. The zero-order valence-electron chi connectivity index (χ0n) is 32.8. The second-order valence-corrected chi connectivity index (χ2v) is 16.7. The van der Waals surface area contributed by atoms with E-state index in [0.717, 1.165) is 58.3 Å². The summed E-state index contributed by atoms with van der Waals surface area (Å²) < 4.78 is 12.0. The SMILES string of the molecule is C=C1C2c3ccccc3-c3cccc[n+]3C2CCc2ccc3c(oc4nc(-c5c(C(C)C)cccc5C(C)C)ccc43)c2-c2cc(C)c(CC(C)C)c[n+]21. The minimum absolute atomic E-state index is 0.0975. The van der Waals surface area contributed by atoms with Crippen molar-refractivity contribution in [3.05, 3.63) is 143 Å².